The minimum Gasteiger partial charge on any atom is -0.255 e. The van der Waals surface area contributed by atoms with E-state index in [0.29, 0.717) is 10.5 Å². The standard InChI is InChI=1S/C12H7Cl2N3O2S2/c13-7-3-4-8-9(6-7)20-12(16-8)17-21(18,19)10-2-1-5-15-11(10)14/h1-6H,(H,16,17). The van der Waals surface area contributed by atoms with E-state index >= 15 is 0 Å². The lowest BCUT2D eigenvalue weighted by Gasteiger charge is -2.05. The molecule has 108 valence electrons. The zero-order chi connectivity index (χ0) is 15.0. The van der Waals surface area contributed by atoms with E-state index in [1.807, 2.05) is 0 Å². The molecule has 1 aromatic carbocycles. The third kappa shape index (κ3) is 2.96. The van der Waals surface area contributed by atoms with Crippen molar-refractivity contribution in [1.29, 1.82) is 0 Å². The monoisotopic (exact) mass is 359 g/mol. The second-order valence-corrected chi connectivity index (χ2v) is 7.50. The Bertz CT molecular complexity index is 925. The Hall–Kier alpha value is -1.41. The topological polar surface area (TPSA) is 72.0 Å². The molecule has 0 bridgehead atoms. The largest absolute Gasteiger partial charge is 0.266 e. The van der Waals surface area contributed by atoms with Crippen LogP contribution in [0.15, 0.2) is 41.4 Å². The zero-order valence-corrected chi connectivity index (χ0v) is 13.4. The average Bonchev–Trinajstić information content (AvgIpc) is 2.79. The maximum Gasteiger partial charge on any atom is 0.266 e. The van der Waals surface area contributed by atoms with Crippen molar-refractivity contribution in [2.75, 3.05) is 4.72 Å². The Morgan fingerprint density at radius 2 is 2.00 bits per heavy atom. The fourth-order valence-corrected chi connectivity index (χ4v) is 4.51. The molecule has 5 nitrogen and oxygen atoms in total. The van der Waals surface area contributed by atoms with Gasteiger partial charge in [0, 0.05) is 11.2 Å². The number of nitrogens with zero attached hydrogens (tertiary/aromatic N) is 2. The smallest absolute Gasteiger partial charge is 0.255 e. The molecule has 0 fully saturated rings. The minimum absolute atomic E-state index is 0.0887. The number of pyridine rings is 1. The highest BCUT2D eigenvalue weighted by Crippen LogP contribution is 2.30. The van der Waals surface area contributed by atoms with Crippen molar-refractivity contribution in [2.24, 2.45) is 0 Å². The molecular weight excluding hydrogens is 353 g/mol. The predicted molar refractivity (Wildman–Crippen MR) is 84.7 cm³/mol. The van der Waals surface area contributed by atoms with E-state index < -0.39 is 10.0 Å². The molecule has 2 heterocycles. The van der Waals surface area contributed by atoms with E-state index in [2.05, 4.69) is 14.7 Å². The molecule has 3 aromatic rings. The van der Waals surface area contributed by atoms with Gasteiger partial charge in [-0.2, -0.15) is 0 Å². The second kappa shape index (κ2) is 5.42. The van der Waals surface area contributed by atoms with Gasteiger partial charge in [0.15, 0.2) is 5.13 Å². The van der Waals surface area contributed by atoms with Gasteiger partial charge in [0.05, 0.1) is 10.2 Å². The summed E-state index contributed by atoms with van der Waals surface area (Å²) >= 11 is 12.9. The van der Waals surface area contributed by atoms with Crippen molar-refractivity contribution in [3.05, 3.63) is 46.7 Å². The average molecular weight is 360 g/mol. The highest BCUT2D eigenvalue weighted by molar-refractivity contribution is 7.93. The molecule has 0 atom stereocenters. The molecule has 0 unspecified atom stereocenters. The molecular formula is C12H7Cl2N3O2S2. The summed E-state index contributed by atoms with van der Waals surface area (Å²) < 4.78 is 27.7. The van der Waals surface area contributed by atoms with Crippen LogP contribution >= 0.6 is 34.5 Å². The first-order valence-corrected chi connectivity index (χ1v) is 8.71. The van der Waals surface area contributed by atoms with Gasteiger partial charge in [-0.25, -0.2) is 18.4 Å². The van der Waals surface area contributed by atoms with Crippen LogP contribution in [0.2, 0.25) is 10.2 Å². The van der Waals surface area contributed by atoms with Gasteiger partial charge in [-0.05, 0) is 30.3 Å². The molecule has 0 aliphatic heterocycles. The highest BCUT2D eigenvalue weighted by Gasteiger charge is 2.20. The SMILES string of the molecule is O=S(=O)(Nc1nc2ccc(Cl)cc2s1)c1cccnc1Cl. The summed E-state index contributed by atoms with van der Waals surface area (Å²) in [5.41, 5.74) is 0.666. The molecule has 0 spiro atoms. The van der Waals surface area contributed by atoms with Crippen molar-refractivity contribution >= 4 is 59.9 Å². The van der Waals surface area contributed by atoms with Crippen molar-refractivity contribution in [3.8, 4) is 0 Å². The lowest BCUT2D eigenvalue weighted by atomic mass is 10.3. The fraction of sp³-hybridized carbons (Fsp3) is 0. The predicted octanol–water partition coefficient (Wildman–Crippen LogP) is 3.80. The molecule has 3 rings (SSSR count). The molecule has 1 N–H and O–H groups in total. The van der Waals surface area contributed by atoms with Gasteiger partial charge in [0.1, 0.15) is 10.0 Å². The number of fused-ring (bicyclic) bond motifs is 1. The number of aromatic nitrogens is 2. The first-order valence-electron chi connectivity index (χ1n) is 5.65. The van der Waals surface area contributed by atoms with Crippen LogP contribution in [0, 0.1) is 0 Å². The number of hydrogen-bond acceptors (Lipinski definition) is 5. The normalized spacial score (nSPS) is 11.7. The third-order valence-electron chi connectivity index (χ3n) is 2.59. The molecule has 9 heteroatoms. The van der Waals surface area contributed by atoms with Crippen LogP contribution in [0.4, 0.5) is 5.13 Å². The summed E-state index contributed by atoms with van der Waals surface area (Å²) in [6.07, 6.45) is 1.42. The highest BCUT2D eigenvalue weighted by atomic mass is 35.5. The number of thiazole rings is 1. The number of halogens is 2. The van der Waals surface area contributed by atoms with Gasteiger partial charge in [-0.15, -0.1) is 0 Å². The van der Waals surface area contributed by atoms with Crippen LogP contribution in [-0.4, -0.2) is 18.4 Å². The molecule has 0 amide bonds. The number of benzene rings is 1. The first kappa shape index (κ1) is 14.5. The Kier molecular flexibility index (Phi) is 3.75. The summed E-state index contributed by atoms with van der Waals surface area (Å²) in [5.74, 6) is 0. The van der Waals surface area contributed by atoms with Gasteiger partial charge in [-0.1, -0.05) is 34.5 Å². The van der Waals surface area contributed by atoms with E-state index in [9.17, 15) is 8.42 Å². The van der Waals surface area contributed by atoms with Crippen molar-refractivity contribution in [1.82, 2.24) is 9.97 Å². The maximum absolute atomic E-state index is 12.3. The van der Waals surface area contributed by atoms with Crippen LogP contribution < -0.4 is 4.72 Å². The van der Waals surface area contributed by atoms with E-state index in [1.54, 1.807) is 18.2 Å². The first-order chi connectivity index (χ1) is 9.95. The summed E-state index contributed by atoms with van der Waals surface area (Å²) in [6.45, 7) is 0. The minimum atomic E-state index is -3.83. The maximum atomic E-state index is 12.3. The van der Waals surface area contributed by atoms with Crippen LogP contribution in [0.25, 0.3) is 10.2 Å². The van der Waals surface area contributed by atoms with Crippen LogP contribution in [0.5, 0.6) is 0 Å². The Morgan fingerprint density at radius 3 is 2.76 bits per heavy atom. The molecule has 2 aromatic heterocycles. The summed E-state index contributed by atoms with van der Waals surface area (Å²) in [4.78, 5) is 7.86. The zero-order valence-electron chi connectivity index (χ0n) is 10.2. The Morgan fingerprint density at radius 1 is 1.19 bits per heavy atom. The lowest BCUT2D eigenvalue weighted by molar-refractivity contribution is 0.601. The van der Waals surface area contributed by atoms with Gasteiger partial charge in [0.2, 0.25) is 0 Å². The van der Waals surface area contributed by atoms with Crippen molar-refractivity contribution < 1.29 is 8.42 Å². The molecule has 0 aliphatic rings. The van der Waals surface area contributed by atoms with E-state index in [-0.39, 0.29) is 15.2 Å². The molecule has 0 aliphatic carbocycles. The molecule has 21 heavy (non-hydrogen) atoms. The van der Waals surface area contributed by atoms with E-state index in [0.717, 1.165) is 4.70 Å². The molecule has 0 saturated carbocycles. The van der Waals surface area contributed by atoms with Crippen LogP contribution in [0.3, 0.4) is 0 Å². The lowest BCUT2D eigenvalue weighted by Crippen LogP contribution is -2.13. The van der Waals surface area contributed by atoms with E-state index in [1.165, 1.54) is 29.7 Å². The number of nitrogens with one attached hydrogen (secondary N) is 1. The van der Waals surface area contributed by atoms with Gasteiger partial charge in [-0.3, -0.25) is 4.72 Å². The van der Waals surface area contributed by atoms with Crippen molar-refractivity contribution in [3.63, 3.8) is 0 Å². The Labute approximate surface area is 134 Å². The summed E-state index contributed by atoms with van der Waals surface area (Å²) in [5, 5.41) is 0.720. The quantitative estimate of drug-likeness (QED) is 0.721. The van der Waals surface area contributed by atoms with Gasteiger partial charge >= 0.3 is 0 Å². The van der Waals surface area contributed by atoms with Gasteiger partial charge < -0.3 is 0 Å². The number of hydrogen-bond donors (Lipinski definition) is 1. The van der Waals surface area contributed by atoms with E-state index in [4.69, 9.17) is 23.2 Å². The Balaban J connectivity index is 1.99. The summed E-state index contributed by atoms with van der Waals surface area (Å²) in [6, 6.07) is 8.02. The third-order valence-corrected chi connectivity index (χ3v) is 5.67. The number of sulfonamides is 1. The van der Waals surface area contributed by atoms with Crippen molar-refractivity contribution in [2.45, 2.75) is 4.90 Å². The fourth-order valence-electron chi connectivity index (χ4n) is 1.68. The number of anilines is 1. The van der Waals surface area contributed by atoms with Crippen LogP contribution in [0.1, 0.15) is 0 Å². The molecule has 0 saturated heterocycles. The second-order valence-electron chi connectivity index (χ2n) is 4.03. The summed E-state index contributed by atoms with van der Waals surface area (Å²) in [7, 11) is -3.83. The van der Waals surface area contributed by atoms with Crippen LogP contribution in [-0.2, 0) is 10.0 Å². The number of rotatable bonds is 3. The molecule has 0 radical (unpaired) electrons. The van der Waals surface area contributed by atoms with Gasteiger partial charge in [0.25, 0.3) is 10.0 Å².